The van der Waals surface area contributed by atoms with Crippen molar-refractivity contribution < 1.29 is 4.79 Å². The summed E-state index contributed by atoms with van der Waals surface area (Å²) in [5, 5.41) is 3.61. The molecule has 0 unspecified atom stereocenters. The van der Waals surface area contributed by atoms with Gasteiger partial charge in [0.1, 0.15) is 0 Å². The molecule has 0 saturated carbocycles. The largest absolute Gasteiger partial charge is 0.396 e. The Kier molecular flexibility index (Phi) is 6.39. The highest BCUT2D eigenvalue weighted by molar-refractivity contribution is 6.36. The SMILES string of the molecule is CNc1ccc(-c2ccc(CN3CCN(C(=O)c4cccnc4)CC3)cc2)c(Cl)c1N. The number of benzene rings is 2. The number of rotatable bonds is 5. The number of hydrogen-bond donors (Lipinski definition) is 2. The molecule has 2 aromatic carbocycles. The molecule has 7 heteroatoms. The molecule has 31 heavy (non-hydrogen) atoms. The molecule has 3 aromatic rings. The van der Waals surface area contributed by atoms with E-state index in [-0.39, 0.29) is 5.91 Å². The molecule has 6 nitrogen and oxygen atoms in total. The highest BCUT2D eigenvalue weighted by atomic mass is 35.5. The van der Waals surface area contributed by atoms with Crippen LogP contribution in [0.4, 0.5) is 11.4 Å². The quantitative estimate of drug-likeness (QED) is 0.593. The zero-order valence-corrected chi connectivity index (χ0v) is 18.3. The molecule has 0 aliphatic carbocycles. The molecule has 1 amide bonds. The lowest BCUT2D eigenvalue weighted by atomic mass is 10.0. The van der Waals surface area contributed by atoms with E-state index in [1.54, 1.807) is 18.5 Å². The van der Waals surface area contributed by atoms with Gasteiger partial charge in [-0.05, 0) is 29.3 Å². The van der Waals surface area contributed by atoms with Crippen LogP contribution >= 0.6 is 11.6 Å². The number of carbonyl (C=O) groups is 1. The van der Waals surface area contributed by atoms with Crippen LogP contribution < -0.4 is 11.1 Å². The van der Waals surface area contributed by atoms with Gasteiger partial charge in [0, 0.05) is 57.7 Å². The second-order valence-electron chi connectivity index (χ2n) is 7.65. The topological polar surface area (TPSA) is 74.5 Å². The van der Waals surface area contributed by atoms with E-state index in [0.29, 0.717) is 16.3 Å². The number of anilines is 2. The zero-order valence-electron chi connectivity index (χ0n) is 17.5. The van der Waals surface area contributed by atoms with Crippen molar-refractivity contribution in [3.8, 4) is 11.1 Å². The third kappa shape index (κ3) is 4.65. The lowest BCUT2D eigenvalue weighted by Crippen LogP contribution is -2.48. The number of carbonyl (C=O) groups excluding carboxylic acids is 1. The Morgan fingerprint density at radius 1 is 1.10 bits per heavy atom. The number of nitrogens with two attached hydrogens (primary N) is 1. The second kappa shape index (κ2) is 9.37. The first kappa shape index (κ1) is 21.2. The Hall–Kier alpha value is -3.09. The van der Waals surface area contributed by atoms with Crippen molar-refractivity contribution in [1.82, 2.24) is 14.8 Å². The number of nitrogens with one attached hydrogen (secondary N) is 1. The Labute approximate surface area is 187 Å². The minimum Gasteiger partial charge on any atom is -0.396 e. The van der Waals surface area contributed by atoms with E-state index in [1.165, 1.54) is 5.56 Å². The predicted octanol–water partition coefficient (Wildman–Crippen LogP) is 3.98. The molecule has 1 fully saturated rings. The summed E-state index contributed by atoms with van der Waals surface area (Å²) in [6, 6.07) is 15.9. The third-order valence-electron chi connectivity index (χ3n) is 5.69. The molecule has 1 aliphatic rings. The van der Waals surface area contributed by atoms with Crippen LogP contribution in [-0.2, 0) is 6.54 Å². The number of amides is 1. The van der Waals surface area contributed by atoms with Crippen molar-refractivity contribution in [3.05, 3.63) is 77.1 Å². The fourth-order valence-electron chi connectivity index (χ4n) is 3.86. The van der Waals surface area contributed by atoms with Crippen molar-refractivity contribution in [1.29, 1.82) is 0 Å². The zero-order chi connectivity index (χ0) is 21.8. The number of halogens is 1. The van der Waals surface area contributed by atoms with Crippen molar-refractivity contribution >= 4 is 28.9 Å². The van der Waals surface area contributed by atoms with Gasteiger partial charge in [0.2, 0.25) is 0 Å². The summed E-state index contributed by atoms with van der Waals surface area (Å²) in [5.41, 5.74) is 11.3. The maximum absolute atomic E-state index is 12.6. The van der Waals surface area contributed by atoms with E-state index in [2.05, 4.69) is 39.5 Å². The molecular weight excluding hydrogens is 410 g/mol. The Morgan fingerprint density at radius 2 is 1.84 bits per heavy atom. The fraction of sp³-hybridized carbons (Fsp3) is 0.250. The molecule has 4 rings (SSSR count). The average Bonchev–Trinajstić information content (AvgIpc) is 2.82. The van der Waals surface area contributed by atoms with Crippen LogP contribution in [0.2, 0.25) is 5.02 Å². The predicted molar refractivity (Wildman–Crippen MR) is 126 cm³/mol. The van der Waals surface area contributed by atoms with E-state index in [1.807, 2.05) is 30.1 Å². The lowest BCUT2D eigenvalue weighted by Gasteiger charge is -2.34. The number of pyridine rings is 1. The minimum atomic E-state index is 0.0533. The average molecular weight is 436 g/mol. The number of piperazine rings is 1. The van der Waals surface area contributed by atoms with Crippen LogP contribution in [0, 0.1) is 0 Å². The summed E-state index contributed by atoms with van der Waals surface area (Å²) >= 11 is 6.48. The molecule has 0 radical (unpaired) electrons. The van der Waals surface area contributed by atoms with Crippen LogP contribution in [0.1, 0.15) is 15.9 Å². The summed E-state index contributed by atoms with van der Waals surface area (Å²) in [6.07, 6.45) is 3.31. The van der Waals surface area contributed by atoms with Gasteiger partial charge in [-0.2, -0.15) is 0 Å². The third-order valence-corrected chi connectivity index (χ3v) is 6.10. The van der Waals surface area contributed by atoms with E-state index >= 15 is 0 Å². The van der Waals surface area contributed by atoms with Gasteiger partial charge in [-0.15, -0.1) is 0 Å². The molecule has 2 heterocycles. The Balaban J connectivity index is 1.36. The van der Waals surface area contributed by atoms with E-state index in [9.17, 15) is 4.79 Å². The minimum absolute atomic E-state index is 0.0533. The molecular formula is C24H26ClN5O. The molecule has 0 spiro atoms. The van der Waals surface area contributed by atoms with Gasteiger partial charge in [-0.1, -0.05) is 41.9 Å². The van der Waals surface area contributed by atoms with Crippen LogP contribution in [-0.4, -0.2) is 53.9 Å². The van der Waals surface area contributed by atoms with Gasteiger partial charge in [0.25, 0.3) is 5.91 Å². The summed E-state index contributed by atoms with van der Waals surface area (Å²) in [5.74, 6) is 0.0533. The van der Waals surface area contributed by atoms with Crippen molar-refractivity contribution in [2.24, 2.45) is 0 Å². The number of hydrogen-bond acceptors (Lipinski definition) is 5. The van der Waals surface area contributed by atoms with Gasteiger partial charge in [0.05, 0.1) is 22.0 Å². The summed E-state index contributed by atoms with van der Waals surface area (Å²) in [7, 11) is 1.82. The van der Waals surface area contributed by atoms with Gasteiger partial charge in [-0.25, -0.2) is 0 Å². The van der Waals surface area contributed by atoms with Crippen molar-refractivity contribution in [3.63, 3.8) is 0 Å². The number of aromatic nitrogens is 1. The highest BCUT2D eigenvalue weighted by Gasteiger charge is 2.22. The Morgan fingerprint density at radius 3 is 2.48 bits per heavy atom. The van der Waals surface area contributed by atoms with Gasteiger partial charge in [0.15, 0.2) is 0 Å². The monoisotopic (exact) mass is 435 g/mol. The normalized spacial score (nSPS) is 14.5. The van der Waals surface area contributed by atoms with Gasteiger partial charge < -0.3 is 16.0 Å². The van der Waals surface area contributed by atoms with Crippen molar-refractivity contribution in [2.45, 2.75) is 6.54 Å². The molecule has 0 atom stereocenters. The smallest absolute Gasteiger partial charge is 0.255 e. The number of nitrogens with zero attached hydrogens (tertiary/aromatic N) is 3. The maximum atomic E-state index is 12.6. The lowest BCUT2D eigenvalue weighted by molar-refractivity contribution is 0.0628. The van der Waals surface area contributed by atoms with Gasteiger partial charge >= 0.3 is 0 Å². The maximum Gasteiger partial charge on any atom is 0.255 e. The van der Waals surface area contributed by atoms with Crippen LogP contribution in [0.15, 0.2) is 60.9 Å². The standard InChI is InChI=1S/C24H26ClN5O/c1-27-21-9-8-20(22(25)23(21)26)18-6-4-17(5-7-18)16-29-11-13-30(14-12-29)24(31)19-3-2-10-28-15-19/h2-10,15,27H,11-14,16,26H2,1H3. The Bertz CT molecular complexity index is 1050. The molecule has 0 bridgehead atoms. The van der Waals surface area contributed by atoms with E-state index in [0.717, 1.165) is 49.5 Å². The fourth-order valence-corrected chi connectivity index (χ4v) is 4.14. The van der Waals surface area contributed by atoms with E-state index < -0.39 is 0 Å². The van der Waals surface area contributed by atoms with Crippen LogP contribution in [0.25, 0.3) is 11.1 Å². The molecule has 1 saturated heterocycles. The summed E-state index contributed by atoms with van der Waals surface area (Å²) in [6.45, 7) is 3.99. The molecule has 3 N–H and O–H groups in total. The van der Waals surface area contributed by atoms with Crippen molar-refractivity contribution in [2.75, 3.05) is 44.3 Å². The number of nitrogen functional groups attached to an aromatic ring is 1. The van der Waals surface area contributed by atoms with E-state index in [4.69, 9.17) is 17.3 Å². The summed E-state index contributed by atoms with van der Waals surface area (Å²) in [4.78, 5) is 20.9. The molecule has 1 aromatic heterocycles. The first-order valence-electron chi connectivity index (χ1n) is 10.3. The van der Waals surface area contributed by atoms with Crippen LogP contribution in [0.5, 0.6) is 0 Å². The van der Waals surface area contributed by atoms with Crippen LogP contribution in [0.3, 0.4) is 0 Å². The first-order chi connectivity index (χ1) is 15.1. The molecule has 1 aliphatic heterocycles. The summed E-state index contributed by atoms with van der Waals surface area (Å²) < 4.78 is 0. The highest BCUT2D eigenvalue weighted by Crippen LogP contribution is 2.36. The second-order valence-corrected chi connectivity index (χ2v) is 8.02. The first-order valence-corrected chi connectivity index (χ1v) is 10.7. The van der Waals surface area contributed by atoms with Gasteiger partial charge in [-0.3, -0.25) is 14.7 Å². The molecule has 160 valence electrons.